The molecule has 0 unspecified atom stereocenters. The molecule has 0 radical (unpaired) electrons. The van der Waals surface area contributed by atoms with Crippen molar-refractivity contribution in [3.05, 3.63) is 76.4 Å². The average molecular weight is 344 g/mol. The first-order valence-corrected chi connectivity index (χ1v) is 9.10. The highest BCUT2D eigenvalue weighted by Crippen LogP contribution is 2.31. The van der Waals surface area contributed by atoms with E-state index in [9.17, 15) is 4.79 Å². The molecule has 0 N–H and O–H groups in total. The molecular weight excluding hydrogens is 324 g/mol. The van der Waals surface area contributed by atoms with Crippen LogP contribution in [-0.4, -0.2) is 25.6 Å². The van der Waals surface area contributed by atoms with Gasteiger partial charge in [-0.2, -0.15) is 5.10 Å². The highest BCUT2D eigenvalue weighted by Gasteiger charge is 2.32. The third-order valence-corrected chi connectivity index (χ3v) is 5.49. The van der Waals surface area contributed by atoms with Gasteiger partial charge >= 0.3 is 0 Å². The zero-order chi connectivity index (χ0) is 17.7. The second-order valence-corrected chi connectivity index (χ2v) is 7.13. The van der Waals surface area contributed by atoms with Crippen LogP contribution < -0.4 is 0 Å². The van der Waals surface area contributed by atoms with E-state index in [-0.39, 0.29) is 5.91 Å². The summed E-state index contributed by atoms with van der Waals surface area (Å²) in [5.41, 5.74) is 7.51. The Morgan fingerprint density at radius 1 is 1.08 bits per heavy atom. The molecule has 1 amide bonds. The lowest BCUT2D eigenvalue weighted by atomic mass is 10.1. The third-order valence-electron chi connectivity index (χ3n) is 5.49. The van der Waals surface area contributed by atoms with Crippen LogP contribution in [0, 0.1) is 6.92 Å². The smallest absolute Gasteiger partial charge is 0.275 e. The van der Waals surface area contributed by atoms with Crippen molar-refractivity contribution in [3.63, 3.8) is 0 Å². The summed E-state index contributed by atoms with van der Waals surface area (Å²) in [5.74, 6) is 0.0340. The van der Waals surface area contributed by atoms with Gasteiger partial charge < -0.3 is 4.90 Å². The highest BCUT2D eigenvalue weighted by atomic mass is 16.2. The van der Waals surface area contributed by atoms with Gasteiger partial charge in [-0.3, -0.25) is 9.78 Å². The number of fused-ring (bicyclic) bond motifs is 2. The summed E-state index contributed by atoms with van der Waals surface area (Å²) in [6.07, 6.45) is 6.65. The molecule has 2 aliphatic rings. The van der Waals surface area contributed by atoms with Crippen LogP contribution >= 0.6 is 0 Å². The van der Waals surface area contributed by atoms with E-state index >= 15 is 0 Å². The van der Waals surface area contributed by atoms with E-state index in [1.807, 2.05) is 34.0 Å². The summed E-state index contributed by atoms with van der Waals surface area (Å²) >= 11 is 0. The lowest BCUT2D eigenvalue weighted by Crippen LogP contribution is -2.26. The predicted octanol–water partition coefficient (Wildman–Crippen LogP) is 3.22. The van der Waals surface area contributed by atoms with Crippen molar-refractivity contribution < 1.29 is 4.79 Å². The molecule has 0 saturated heterocycles. The van der Waals surface area contributed by atoms with Gasteiger partial charge in [0.1, 0.15) is 0 Å². The number of carbonyl (C=O) groups excluding carboxylic acids is 1. The summed E-state index contributed by atoms with van der Waals surface area (Å²) in [6.45, 7) is 3.35. The van der Waals surface area contributed by atoms with Crippen molar-refractivity contribution in [2.45, 2.75) is 39.3 Å². The second kappa shape index (κ2) is 5.80. The van der Waals surface area contributed by atoms with Gasteiger partial charge in [-0.05, 0) is 55.0 Å². The van der Waals surface area contributed by atoms with E-state index in [2.05, 4.69) is 24.0 Å². The molecule has 5 nitrogen and oxygen atoms in total. The Bertz CT molecular complexity index is 996. The monoisotopic (exact) mass is 344 g/mol. The minimum atomic E-state index is 0.0340. The first-order valence-electron chi connectivity index (χ1n) is 9.10. The molecule has 0 spiro atoms. The Morgan fingerprint density at radius 3 is 2.77 bits per heavy atom. The Morgan fingerprint density at radius 2 is 1.92 bits per heavy atom. The van der Waals surface area contributed by atoms with Crippen LogP contribution in [0.1, 0.15) is 44.9 Å². The average Bonchev–Trinajstić information content (AvgIpc) is 3.36. The normalized spacial score (nSPS) is 15.2. The maximum absolute atomic E-state index is 13.2. The molecule has 26 heavy (non-hydrogen) atoms. The number of benzene rings is 1. The standard InChI is InChI=1S/C21H20N4O/c1-14-5-2-3-7-18(14)25-19-8-4-6-17(19)20(23-25)21(26)24-12-15-9-10-22-11-16(15)13-24/h2-3,5,7,9-11H,4,6,8,12-13H2,1H3. The molecule has 2 aromatic heterocycles. The molecule has 0 bridgehead atoms. The van der Waals surface area contributed by atoms with E-state index in [1.165, 1.54) is 16.8 Å². The van der Waals surface area contributed by atoms with Gasteiger partial charge in [-0.25, -0.2) is 4.68 Å². The van der Waals surface area contributed by atoms with E-state index in [0.29, 0.717) is 18.8 Å². The molecule has 130 valence electrons. The van der Waals surface area contributed by atoms with Gasteiger partial charge in [0.2, 0.25) is 0 Å². The highest BCUT2D eigenvalue weighted by molar-refractivity contribution is 5.94. The van der Waals surface area contributed by atoms with Gasteiger partial charge in [-0.15, -0.1) is 0 Å². The van der Waals surface area contributed by atoms with Crippen molar-refractivity contribution >= 4 is 5.91 Å². The number of aromatic nitrogens is 3. The van der Waals surface area contributed by atoms with Crippen molar-refractivity contribution in [2.75, 3.05) is 0 Å². The molecule has 0 fully saturated rings. The van der Waals surface area contributed by atoms with Gasteiger partial charge in [0.25, 0.3) is 5.91 Å². The van der Waals surface area contributed by atoms with E-state index < -0.39 is 0 Å². The summed E-state index contributed by atoms with van der Waals surface area (Å²) in [6, 6.07) is 10.2. The van der Waals surface area contributed by atoms with Crippen LogP contribution in [0.5, 0.6) is 0 Å². The zero-order valence-corrected chi connectivity index (χ0v) is 14.8. The van der Waals surface area contributed by atoms with Crippen molar-refractivity contribution in [1.82, 2.24) is 19.7 Å². The molecule has 3 aromatic rings. The summed E-state index contributed by atoms with van der Waals surface area (Å²) < 4.78 is 2.00. The Balaban J connectivity index is 1.54. The van der Waals surface area contributed by atoms with E-state index in [0.717, 1.165) is 36.1 Å². The van der Waals surface area contributed by atoms with E-state index in [4.69, 9.17) is 5.10 Å². The van der Waals surface area contributed by atoms with Crippen molar-refractivity contribution in [1.29, 1.82) is 0 Å². The zero-order valence-electron chi connectivity index (χ0n) is 14.8. The Kier molecular flexibility index (Phi) is 3.42. The topological polar surface area (TPSA) is 51.0 Å². The quantitative estimate of drug-likeness (QED) is 0.717. The number of nitrogens with zero attached hydrogens (tertiary/aromatic N) is 4. The van der Waals surface area contributed by atoms with Gasteiger partial charge in [0, 0.05) is 36.7 Å². The van der Waals surface area contributed by atoms with Crippen molar-refractivity contribution in [2.24, 2.45) is 0 Å². The molecule has 5 rings (SSSR count). The van der Waals surface area contributed by atoms with Crippen LogP contribution in [0.25, 0.3) is 5.69 Å². The Labute approximate surface area is 152 Å². The number of carbonyl (C=O) groups is 1. The van der Waals surface area contributed by atoms with Crippen LogP contribution in [-0.2, 0) is 25.9 Å². The largest absolute Gasteiger partial charge is 0.329 e. The minimum absolute atomic E-state index is 0.0340. The Hall–Kier alpha value is -2.95. The number of para-hydroxylation sites is 1. The fraction of sp³-hybridized carbons (Fsp3) is 0.286. The van der Waals surface area contributed by atoms with Crippen LogP contribution in [0.2, 0.25) is 0 Å². The second-order valence-electron chi connectivity index (χ2n) is 7.13. The minimum Gasteiger partial charge on any atom is -0.329 e. The molecule has 0 atom stereocenters. The van der Waals surface area contributed by atoms with Crippen LogP contribution in [0.15, 0.2) is 42.7 Å². The number of aryl methyl sites for hydroxylation is 1. The predicted molar refractivity (Wildman–Crippen MR) is 98.1 cm³/mol. The molecule has 1 aliphatic carbocycles. The lowest BCUT2D eigenvalue weighted by molar-refractivity contribution is 0.0744. The fourth-order valence-electron chi connectivity index (χ4n) is 4.12. The van der Waals surface area contributed by atoms with Gasteiger partial charge in [0.05, 0.1) is 5.69 Å². The molecule has 5 heteroatoms. The number of rotatable bonds is 2. The number of amides is 1. The lowest BCUT2D eigenvalue weighted by Gasteiger charge is -2.14. The van der Waals surface area contributed by atoms with E-state index in [1.54, 1.807) is 6.20 Å². The molecule has 0 saturated carbocycles. The first kappa shape index (κ1) is 15.3. The van der Waals surface area contributed by atoms with Gasteiger partial charge in [0.15, 0.2) is 5.69 Å². The summed E-state index contributed by atoms with van der Waals surface area (Å²) in [7, 11) is 0. The van der Waals surface area contributed by atoms with Gasteiger partial charge in [-0.1, -0.05) is 18.2 Å². The number of pyridine rings is 1. The number of hydrogen-bond donors (Lipinski definition) is 0. The molecule has 1 aromatic carbocycles. The molecule has 1 aliphatic heterocycles. The molecular formula is C21H20N4O. The summed E-state index contributed by atoms with van der Waals surface area (Å²) in [4.78, 5) is 19.3. The maximum atomic E-state index is 13.2. The number of hydrogen-bond acceptors (Lipinski definition) is 3. The van der Waals surface area contributed by atoms with Crippen LogP contribution in [0.4, 0.5) is 0 Å². The van der Waals surface area contributed by atoms with Crippen molar-refractivity contribution in [3.8, 4) is 5.69 Å². The summed E-state index contributed by atoms with van der Waals surface area (Å²) in [5, 5.41) is 4.78. The molecule has 3 heterocycles. The fourth-order valence-corrected chi connectivity index (χ4v) is 4.12. The van der Waals surface area contributed by atoms with Crippen LogP contribution in [0.3, 0.4) is 0 Å². The maximum Gasteiger partial charge on any atom is 0.275 e. The SMILES string of the molecule is Cc1ccccc1-n1nc(C(=O)N2Cc3ccncc3C2)c2c1CCC2. The third kappa shape index (κ3) is 2.27. The first-order chi connectivity index (χ1) is 12.7.